The van der Waals surface area contributed by atoms with Gasteiger partial charge in [-0.15, -0.1) is 0 Å². The second-order valence-corrected chi connectivity index (χ2v) is 12.9. The fourth-order valence-electron chi connectivity index (χ4n) is 5.89. The van der Waals surface area contributed by atoms with Gasteiger partial charge in [0.2, 0.25) is 5.91 Å². The van der Waals surface area contributed by atoms with Crippen LogP contribution in [0.2, 0.25) is 0 Å². The Hall–Kier alpha value is -4.25. The third kappa shape index (κ3) is 10.6. The van der Waals surface area contributed by atoms with Gasteiger partial charge in [0, 0.05) is 37.8 Å². The molecule has 4 atom stereocenters. The van der Waals surface area contributed by atoms with E-state index in [1.165, 1.54) is 0 Å². The van der Waals surface area contributed by atoms with Crippen LogP contribution in [0.1, 0.15) is 71.9 Å². The number of amides is 2. The maximum absolute atomic E-state index is 14.4. The average Bonchev–Trinajstić information content (AvgIpc) is 3.06. The summed E-state index contributed by atoms with van der Waals surface area (Å²) in [6.45, 7) is 7.69. The number of fused-ring (bicyclic) bond motifs is 1. The van der Waals surface area contributed by atoms with E-state index in [1.54, 1.807) is 35.2 Å². The van der Waals surface area contributed by atoms with Crippen molar-refractivity contribution < 1.29 is 34.1 Å². The largest absolute Gasteiger partial charge is 0.490 e. The average molecular weight is 660 g/mol. The number of nitrogens with one attached hydrogen (secondary N) is 1. The van der Waals surface area contributed by atoms with Crippen LogP contribution in [0.15, 0.2) is 72.8 Å². The van der Waals surface area contributed by atoms with Crippen LogP contribution in [-0.4, -0.2) is 89.4 Å². The van der Waals surface area contributed by atoms with E-state index in [0.717, 1.165) is 30.4 Å². The molecule has 0 saturated heterocycles. The molecule has 48 heavy (non-hydrogen) atoms. The first-order chi connectivity index (χ1) is 23.0. The molecule has 0 spiro atoms. The van der Waals surface area contributed by atoms with Crippen LogP contribution in [0.5, 0.6) is 5.75 Å². The number of hydrogen-bond acceptors (Lipinski definition) is 7. The summed E-state index contributed by atoms with van der Waals surface area (Å²) in [6, 6.07) is 21.0. The van der Waals surface area contributed by atoms with Crippen LogP contribution in [0.4, 0.5) is 5.69 Å². The molecule has 10 heteroatoms. The number of rotatable bonds is 10. The second kappa shape index (κ2) is 17.8. The summed E-state index contributed by atoms with van der Waals surface area (Å²) in [5.74, 6) is -1.11. The Morgan fingerprint density at radius 2 is 1.75 bits per heavy atom. The molecule has 0 aliphatic carbocycles. The summed E-state index contributed by atoms with van der Waals surface area (Å²) < 4.78 is 12.8. The highest BCUT2D eigenvalue weighted by molar-refractivity contribution is 6.00. The van der Waals surface area contributed by atoms with Crippen molar-refractivity contribution in [1.29, 1.82) is 0 Å². The number of nitrogens with zero attached hydrogens (tertiary/aromatic N) is 2. The minimum absolute atomic E-state index is 0.0974. The normalized spacial score (nSPS) is 19.9. The van der Waals surface area contributed by atoms with Crippen LogP contribution in [0, 0.1) is 5.92 Å². The van der Waals surface area contributed by atoms with Crippen LogP contribution in [0.25, 0.3) is 0 Å². The van der Waals surface area contributed by atoms with Crippen LogP contribution in [0.3, 0.4) is 0 Å². The molecule has 0 aromatic heterocycles. The van der Waals surface area contributed by atoms with E-state index in [-0.39, 0.29) is 48.5 Å². The molecule has 2 amide bonds. The highest BCUT2D eigenvalue weighted by Gasteiger charge is 2.30. The van der Waals surface area contributed by atoms with E-state index >= 15 is 0 Å². The first-order valence-corrected chi connectivity index (χ1v) is 16.7. The van der Waals surface area contributed by atoms with Crippen molar-refractivity contribution in [3.63, 3.8) is 0 Å². The molecule has 0 saturated carbocycles. The van der Waals surface area contributed by atoms with Crippen molar-refractivity contribution in [2.75, 3.05) is 38.7 Å². The van der Waals surface area contributed by atoms with E-state index in [1.807, 2.05) is 63.4 Å². The van der Waals surface area contributed by atoms with E-state index < -0.39 is 12.0 Å². The molecule has 258 valence electrons. The lowest BCUT2D eigenvalue weighted by Crippen LogP contribution is -2.47. The number of aliphatic hydroxyl groups is 1. The Morgan fingerprint density at radius 3 is 2.44 bits per heavy atom. The summed E-state index contributed by atoms with van der Waals surface area (Å²) in [4.78, 5) is 42.3. The molecule has 3 aromatic carbocycles. The molecular formula is C38H49N3O7. The standard InChI is InChI=1S/C38H49N3O7/c1-26-22-41(27(2)25-42)37(44)33-21-32(39-36(43)20-29-11-6-5-7-12-29)17-18-34(33)48-28(3)10-8-9-19-47-35(26)24-40(4)23-30-13-15-31(16-14-30)38(45)46/h5-7,11-18,21,26-28,35,42H,8-10,19-20,22-25H2,1-4H3,(H,39,43)(H,45,46)/t26-,27-,28-,35+/m1/s1. The Kier molecular flexibility index (Phi) is 13.5. The molecule has 0 unspecified atom stereocenters. The number of aliphatic hydroxyl groups excluding tert-OH is 1. The van der Waals surface area contributed by atoms with Crippen LogP contribution < -0.4 is 10.1 Å². The maximum atomic E-state index is 14.4. The zero-order chi connectivity index (χ0) is 34.6. The lowest BCUT2D eigenvalue weighted by Gasteiger charge is -2.36. The SMILES string of the molecule is C[C@@H]1CCCCO[C@@H](CN(C)Cc2ccc(C(=O)O)cc2)[C@H](C)CN([C@H](C)CO)C(=O)c2cc(NC(=O)Cc3ccccc3)ccc2O1. The predicted molar refractivity (Wildman–Crippen MR) is 185 cm³/mol. The van der Waals surface area contributed by atoms with Crippen LogP contribution >= 0.6 is 0 Å². The van der Waals surface area contributed by atoms with Crippen molar-refractivity contribution >= 4 is 23.5 Å². The second-order valence-electron chi connectivity index (χ2n) is 12.9. The molecule has 0 bridgehead atoms. The molecule has 0 fully saturated rings. The van der Waals surface area contributed by atoms with Gasteiger partial charge in [0.25, 0.3) is 5.91 Å². The number of carboxylic acid groups (broad SMARTS) is 1. The molecule has 3 aromatic rings. The van der Waals surface area contributed by atoms with Crippen molar-refractivity contribution in [2.24, 2.45) is 5.92 Å². The Morgan fingerprint density at radius 1 is 1.02 bits per heavy atom. The first kappa shape index (κ1) is 36.6. The molecule has 0 radical (unpaired) electrons. The van der Waals surface area contributed by atoms with Crippen molar-refractivity contribution in [3.8, 4) is 5.75 Å². The topological polar surface area (TPSA) is 129 Å². The number of anilines is 1. The number of ether oxygens (including phenoxy) is 2. The zero-order valence-corrected chi connectivity index (χ0v) is 28.4. The summed E-state index contributed by atoms with van der Waals surface area (Å²) in [5, 5.41) is 22.4. The minimum atomic E-state index is -0.958. The summed E-state index contributed by atoms with van der Waals surface area (Å²) in [6.07, 6.45) is 2.35. The molecule has 1 heterocycles. The van der Waals surface area contributed by atoms with E-state index in [2.05, 4.69) is 17.1 Å². The Balaban J connectivity index is 1.57. The minimum Gasteiger partial charge on any atom is -0.490 e. The molecule has 4 rings (SSSR count). The third-order valence-corrected chi connectivity index (χ3v) is 8.69. The van der Waals surface area contributed by atoms with E-state index in [4.69, 9.17) is 9.47 Å². The highest BCUT2D eigenvalue weighted by Crippen LogP contribution is 2.29. The fourth-order valence-corrected chi connectivity index (χ4v) is 5.89. The number of carbonyl (C=O) groups is 3. The molecule has 3 N–H and O–H groups in total. The summed E-state index contributed by atoms with van der Waals surface area (Å²) >= 11 is 0. The third-order valence-electron chi connectivity index (χ3n) is 8.69. The van der Waals surface area contributed by atoms with Gasteiger partial charge in [-0.3, -0.25) is 14.5 Å². The van der Waals surface area contributed by atoms with E-state index in [0.29, 0.717) is 43.2 Å². The van der Waals surface area contributed by atoms with Gasteiger partial charge in [-0.25, -0.2) is 4.79 Å². The van der Waals surface area contributed by atoms with Gasteiger partial charge in [0.05, 0.1) is 42.4 Å². The Labute approximate surface area is 283 Å². The van der Waals surface area contributed by atoms with Crippen molar-refractivity contribution in [1.82, 2.24) is 9.80 Å². The highest BCUT2D eigenvalue weighted by atomic mass is 16.5. The van der Waals surface area contributed by atoms with Crippen LogP contribution in [-0.2, 0) is 22.5 Å². The molecular weight excluding hydrogens is 610 g/mol. The number of likely N-dealkylation sites (N-methyl/N-ethyl adjacent to an activating group) is 1. The monoisotopic (exact) mass is 659 g/mol. The Bertz CT molecular complexity index is 1500. The van der Waals surface area contributed by atoms with Crippen molar-refractivity contribution in [3.05, 3.63) is 95.1 Å². The predicted octanol–water partition coefficient (Wildman–Crippen LogP) is 5.49. The number of carbonyl (C=O) groups excluding carboxylic acids is 2. The first-order valence-electron chi connectivity index (χ1n) is 16.7. The van der Waals surface area contributed by atoms with Gasteiger partial charge in [0.1, 0.15) is 5.75 Å². The van der Waals surface area contributed by atoms with Gasteiger partial charge in [-0.05, 0) is 81.6 Å². The van der Waals surface area contributed by atoms with Gasteiger partial charge >= 0.3 is 5.97 Å². The molecule has 1 aliphatic heterocycles. The summed E-state index contributed by atoms with van der Waals surface area (Å²) in [7, 11) is 1.99. The summed E-state index contributed by atoms with van der Waals surface area (Å²) in [5.41, 5.74) is 2.93. The lowest BCUT2D eigenvalue weighted by atomic mass is 10.0. The number of aromatic carboxylic acids is 1. The molecule has 1 aliphatic rings. The molecule has 10 nitrogen and oxygen atoms in total. The van der Waals surface area contributed by atoms with Gasteiger partial charge < -0.3 is 29.9 Å². The quantitative estimate of drug-likeness (QED) is 0.261. The van der Waals surface area contributed by atoms with E-state index in [9.17, 15) is 24.6 Å². The maximum Gasteiger partial charge on any atom is 0.335 e. The number of carboxylic acids is 1. The lowest BCUT2D eigenvalue weighted by molar-refractivity contribution is -0.115. The zero-order valence-electron chi connectivity index (χ0n) is 28.4. The fraction of sp³-hybridized carbons (Fsp3) is 0.447. The van der Waals surface area contributed by atoms with Gasteiger partial charge in [-0.2, -0.15) is 0 Å². The van der Waals surface area contributed by atoms with Gasteiger partial charge in [-0.1, -0.05) is 49.4 Å². The number of hydrogen-bond donors (Lipinski definition) is 3. The smallest absolute Gasteiger partial charge is 0.335 e. The van der Waals surface area contributed by atoms with Gasteiger partial charge in [0.15, 0.2) is 0 Å². The van der Waals surface area contributed by atoms with Crippen molar-refractivity contribution in [2.45, 2.75) is 71.2 Å². The number of benzene rings is 3.